The van der Waals surface area contributed by atoms with Gasteiger partial charge in [0.2, 0.25) is 0 Å². The van der Waals surface area contributed by atoms with Gasteiger partial charge in [0, 0.05) is 64.4 Å². The highest BCUT2D eigenvalue weighted by Crippen LogP contribution is 2.30. The van der Waals surface area contributed by atoms with Crippen LogP contribution < -0.4 is 4.90 Å². The van der Waals surface area contributed by atoms with Gasteiger partial charge in [-0.15, -0.1) is 0 Å². The minimum Gasteiger partial charge on any atom is -0.377 e. The zero-order valence-corrected chi connectivity index (χ0v) is 16.4. The number of aromatic nitrogens is 4. The van der Waals surface area contributed by atoms with Crippen LogP contribution in [0.2, 0.25) is 0 Å². The normalized spacial score (nSPS) is 18.0. The maximum absolute atomic E-state index is 12.3. The Morgan fingerprint density at radius 1 is 1.33 bits per heavy atom. The highest BCUT2D eigenvalue weighted by Gasteiger charge is 2.22. The van der Waals surface area contributed by atoms with Gasteiger partial charge in [-0.1, -0.05) is 0 Å². The molecule has 0 radical (unpaired) electrons. The fourth-order valence-electron chi connectivity index (χ4n) is 3.18. The summed E-state index contributed by atoms with van der Waals surface area (Å²) in [5.74, 6) is 1.73. The van der Waals surface area contributed by atoms with Gasteiger partial charge in [0.1, 0.15) is 5.82 Å². The first-order valence-corrected chi connectivity index (χ1v) is 11.1. The second kappa shape index (κ2) is 6.90. The molecule has 0 bridgehead atoms. The SMILES string of the molecule is C[C@@H]1COCCN1c1cc(N=S(C)(C)=O)nc(-c2ccnc3c[nH]cc23)n1. The monoisotopic (exact) mass is 386 g/mol. The van der Waals surface area contributed by atoms with Crippen molar-refractivity contribution in [3.05, 3.63) is 30.7 Å². The molecule has 1 N–H and O–H groups in total. The number of hydrogen-bond acceptors (Lipinski definition) is 7. The van der Waals surface area contributed by atoms with Crippen LogP contribution in [0.3, 0.4) is 0 Å². The molecule has 1 atom stereocenters. The lowest BCUT2D eigenvalue weighted by Gasteiger charge is -2.34. The summed E-state index contributed by atoms with van der Waals surface area (Å²) in [5, 5.41) is 0.935. The predicted molar refractivity (Wildman–Crippen MR) is 107 cm³/mol. The first-order chi connectivity index (χ1) is 12.9. The summed E-state index contributed by atoms with van der Waals surface area (Å²) in [6.07, 6.45) is 8.65. The van der Waals surface area contributed by atoms with E-state index in [4.69, 9.17) is 9.72 Å². The Bertz CT molecular complexity index is 1090. The first kappa shape index (κ1) is 17.9. The van der Waals surface area contributed by atoms with E-state index in [0.717, 1.165) is 28.8 Å². The van der Waals surface area contributed by atoms with Gasteiger partial charge in [-0.3, -0.25) is 4.98 Å². The lowest BCUT2D eigenvalue weighted by molar-refractivity contribution is 0.0985. The highest BCUT2D eigenvalue weighted by atomic mass is 32.2. The first-order valence-electron chi connectivity index (χ1n) is 8.73. The van der Waals surface area contributed by atoms with E-state index >= 15 is 0 Å². The Kier molecular flexibility index (Phi) is 4.56. The number of pyridine rings is 1. The molecular formula is C18H22N6O2S. The van der Waals surface area contributed by atoms with Crippen molar-refractivity contribution in [1.29, 1.82) is 0 Å². The predicted octanol–water partition coefficient (Wildman–Crippen LogP) is 2.60. The Morgan fingerprint density at radius 2 is 2.19 bits per heavy atom. The average molecular weight is 386 g/mol. The molecule has 4 heterocycles. The standard InChI is InChI=1S/C18H22N6O2S/c1-12-11-26-7-6-24(12)17-8-16(23-27(2,3)25)21-18(22-17)13-4-5-20-15-10-19-9-14(13)15/h4-5,8-10,12,19H,6-7,11H2,1-3H3/t12-/m1/s1. The van der Waals surface area contributed by atoms with Crippen molar-refractivity contribution < 1.29 is 8.95 Å². The van der Waals surface area contributed by atoms with Gasteiger partial charge in [0.05, 0.1) is 24.8 Å². The summed E-state index contributed by atoms with van der Waals surface area (Å²) in [5.41, 5.74) is 1.70. The molecule has 1 aliphatic heterocycles. The van der Waals surface area contributed by atoms with Gasteiger partial charge >= 0.3 is 0 Å². The third-order valence-corrected chi connectivity index (χ3v) is 5.01. The number of ether oxygens (including phenoxy) is 1. The van der Waals surface area contributed by atoms with Crippen LogP contribution in [0.5, 0.6) is 0 Å². The smallest absolute Gasteiger partial charge is 0.167 e. The fraction of sp³-hybridized carbons (Fsp3) is 0.389. The van der Waals surface area contributed by atoms with Gasteiger partial charge in [0.25, 0.3) is 0 Å². The Morgan fingerprint density at radius 3 is 2.96 bits per heavy atom. The number of nitrogens with zero attached hydrogens (tertiary/aromatic N) is 5. The van der Waals surface area contributed by atoms with Crippen LogP contribution in [0.25, 0.3) is 22.3 Å². The number of hydrogen-bond donors (Lipinski definition) is 1. The second-order valence-corrected chi connectivity index (χ2v) is 9.46. The summed E-state index contributed by atoms with van der Waals surface area (Å²) in [6, 6.07) is 3.87. The van der Waals surface area contributed by atoms with Crippen molar-refractivity contribution in [3.8, 4) is 11.4 Å². The molecule has 1 saturated heterocycles. The van der Waals surface area contributed by atoms with Crippen molar-refractivity contribution in [2.45, 2.75) is 13.0 Å². The third-order valence-electron chi connectivity index (χ3n) is 4.38. The maximum Gasteiger partial charge on any atom is 0.167 e. The third kappa shape index (κ3) is 3.79. The van der Waals surface area contributed by atoms with Crippen LogP contribution in [-0.2, 0) is 14.5 Å². The summed E-state index contributed by atoms with van der Waals surface area (Å²) < 4.78 is 22.1. The Labute approximate surface area is 158 Å². The lowest BCUT2D eigenvalue weighted by Crippen LogP contribution is -2.44. The fourth-order valence-corrected chi connectivity index (χ4v) is 3.73. The molecule has 8 nitrogen and oxygen atoms in total. The summed E-state index contributed by atoms with van der Waals surface area (Å²) in [7, 11) is -2.35. The molecule has 4 rings (SSSR count). The minimum absolute atomic E-state index is 0.187. The molecule has 27 heavy (non-hydrogen) atoms. The van der Waals surface area contributed by atoms with Crippen molar-refractivity contribution in [1.82, 2.24) is 19.9 Å². The molecular weight excluding hydrogens is 364 g/mol. The van der Waals surface area contributed by atoms with E-state index < -0.39 is 9.73 Å². The Hall–Kier alpha value is -2.52. The van der Waals surface area contributed by atoms with E-state index in [1.165, 1.54) is 0 Å². The molecule has 0 aliphatic carbocycles. The number of aromatic amines is 1. The van der Waals surface area contributed by atoms with Crippen molar-refractivity contribution in [2.75, 3.05) is 37.2 Å². The lowest BCUT2D eigenvalue weighted by atomic mass is 10.1. The molecule has 3 aromatic heterocycles. The van der Waals surface area contributed by atoms with E-state index in [0.29, 0.717) is 24.9 Å². The van der Waals surface area contributed by atoms with Crippen LogP contribution >= 0.6 is 0 Å². The van der Waals surface area contributed by atoms with Gasteiger partial charge in [-0.05, 0) is 13.0 Å². The number of fused-ring (bicyclic) bond motifs is 1. The van der Waals surface area contributed by atoms with Crippen molar-refractivity contribution >= 4 is 32.3 Å². The minimum atomic E-state index is -2.35. The molecule has 1 aliphatic rings. The van der Waals surface area contributed by atoms with Gasteiger partial charge in [0.15, 0.2) is 11.6 Å². The number of morpholine rings is 1. The molecule has 0 saturated carbocycles. The van der Waals surface area contributed by atoms with Crippen molar-refractivity contribution in [2.24, 2.45) is 4.36 Å². The number of rotatable bonds is 3. The van der Waals surface area contributed by atoms with Gasteiger partial charge in [-0.25, -0.2) is 14.2 Å². The van der Waals surface area contributed by atoms with Crippen LogP contribution in [0.1, 0.15) is 6.92 Å². The number of H-pyrrole nitrogens is 1. The largest absolute Gasteiger partial charge is 0.377 e. The molecule has 0 unspecified atom stereocenters. The van der Waals surface area contributed by atoms with Crippen LogP contribution in [0, 0.1) is 0 Å². The number of anilines is 1. The van der Waals surface area contributed by atoms with Crippen LogP contribution in [0.4, 0.5) is 11.6 Å². The van der Waals surface area contributed by atoms with E-state index in [-0.39, 0.29) is 6.04 Å². The topological polar surface area (TPSA) is 96.4 Å². The maximum atomic E-state index is 12.3. The molecule has 3 aromatic rings. The molecule has 9 heteroatoms. The summed E-state index contributed by atoms with van der Waals surface area (Å²) in [4.78, 5) is 19.0. The highest BCUT2D eigenvalue weighted by molar-refractivity contribution is 7.92. The van der Waals surface area contributed by atoms with E-state index in [1.54, 1.807) is 24.8 Å². The molecule has 142 valence electrons. The zero-order chi connectivity index (χ0) is 19.0. The number of nitrogens with one attached hydrogen (secondary N) is 1. The van der Waals surface area contributed by atoms with Crippen LogP contribution in [0.15, 0.2) is 35.1 Å². The quantitative estimate of drug-likeness (QED) is 0.743. The van der Waals surface area contributed by atoms with E-state index in [2.05, 4.69) is 31.1 Å². The van der Waals surface area contributed by atoms with Gasteiger partial charge < -0.3 is 14.6 Å². The zero-order valence-electron chi connectivity index (χ0n) is 15.5. The summed E-state index contributed by atoms with van der Waals surface area (Å²) >= 11 is 0. The molecule has 0 spiro atoms. The Balaban J connectivity index is 1.91. The van der Waals surface area contributed by atoms with E-state index in [9.17, 15) is 4.21 Å². The second-order valence-electron chi connectivity index (χ2n) is 6.91. The van der Waals surface area contributed by atoms with Gasteiger partial charge in [-0.2, -0.15) is 4.36 Å². The average Bonchev–Trinajstić information content (AvgIpc) is 3.09. The molecule has 0 aromatic carbocycles. The summed E-state index contributed by atoms with van der Waals surface area (Å²) in [6.45, 7) is 4.12. The van der Waals surface area contributed by atoms with E-state index in [1.807, 2.05) is 18.5 Å². The van der Waals surface area contributed by atoms with Crippen LogP contribution in [-0.4, -0.2) is 62.5 Å². The van der Waals surface area contributed by atoms with Crippen molar-refractivity contribution in [3.63, 3.8) is 0 Å². The molecule has 1 fully saturated rings. The molecule has 0 amide bonds.